The first kappa shape index (κ1) is 11.5. The number of carbonyl (C=O) groups excluding carboxylic acids is 1. The average Bonchev–Trinajstić information content (AvgIpc) is 2.79. The van der Waals surface area contributed by atoms with Crippen molar-refractivity contribution in [2.75, 3.05) is 6.61 Å². The Morgan fingerprint density at radius 2 is 2.41 bits per heavy atom. The van der Waals surface area contributed by atoms with Gasteiger partial charge in [-0.25, -0.2) is 14.8 Å². The predicted molar refractivity (Wildman–Crippen MR) is 63.0 cm³/mol. The molecule has 0 saturated heterocycles. The summed E-state index contributed by atoms with van der Waals surface area (Å²) in [5.41, 5.74) is 0.602. The zero-order valence-corrected chi connectivity index (χ0v) is 9.90. The second-order valence-electron chi connectivity index (χ2n) is 3.13. The lowest BCUT2D eigenvalue weighted by atomic mass is 10.3. The number of hydrogen-bond acceptors (Lipinski definition) is 6. The highest BCUT2D eigenvalue weighted by Gasteiger charge is 2.15. The topological polar surface area (TPSA) is 72.3 Å². The summed E-state index contributed by atoms with van der Waals surface area (Å²) in [7, 11) is 0. The first-order chi connectivity index (χ1) is 8.22. The molecule has 0 bridgehead atoms. The highest BCUT2D eigenvalue weighted by molar-refractivity contribution is 7.13. The van der Waals surface area contributed by atoms with Gasteiger partial charge in [0.25, 0.3) is 0 Å². The third-order valence-electron chi connectivity index (χ3n) is 1.98. The molecule has 0 amide bonds. The molecular weight excluding hydrogens is 240 g/mol. The average molecular weight is 250 g/mol. The van der Waals surface area contributed by atoms with Crippen molar-refractivity contribution in [3.63, 3.8) is 0 Å². The van der Waals surface area contributed by atoms with Crippen molar-refractivity contribution in [1.82, 2.24) is 9.97 Å². The van der Waals surface area contributed by atoms with E-state index in [0.29, 0.717) is 17.3 Å². The van der Waals surface area contributed by atoms with Crippen LogP contribution in [0.2, 0.25) is 0 Å². The highest BCUT2D eigenvalue weighted by Crippen LogP contribution is 2.28. The van der Waals surface area contributed by atoms with Crippen LogP contribution in [0.5, 0.6) is 5.75 Å². The number of nitrogens with zero attached hydrogens (tertiary/aromatic N) is 2. The van der Waals surface area contributed by atoms with E-state index in [-0.39, 0.29) is 11.4 Å². The standard InChI is InChI=1S/C11H10N2O3S/c1-2-16-11(15)7-6-17-10(13-7)9-8(14)4-3-5-12-9/h3-6,14H,2H2,1H3. The fourth-order valence-electron chi connectivity index (χ4n) is 1.24. The third-order valence-corrected chi connectivity index (χ3v) is 2.83. The van der Waals surface area contributed by atoms with Gasteiger partial charge >= 0.3 is 5.97 Å². The Hall–Kier alpha value is -1.95. The Morgan fingerprint density at radius 1 is 1.59 bits per heavy atom. The van der Waals surface area contributed by atoms with E-state index in [1.54, 1.807) is 24.6 Å². The molecule has 0 aliphatic carbocycles. The second-order valence-corrected chi connectivity index (χ2v) is 3.99. The van der Waals surface area contributed by atoms with Crippen LogP contribution in [-0.2, 0) is 4.74 Å². The van der Waals surface area contributed by atoms with E-state index in [4.69, 9.17) is 4.74 Å². The largest absolute Gasteiger partial charge is 0.506 e. The lowest BCUT2D eigenvalue weighted by molar-refractivity contribution is 0.0520. The minimum Gasteiger partial charge on any atom is -0.506 e. The van der Waals surface area contributed by atoms with Gasteiger partial charge in [0.05, 0.1) is 6.61 Å². The van der Waals surface area contributed by atoms with Crippen molar-refractivity contribution in [2.24, 2.45) is 0 Å². The molecule has 0 atom stereocenters. The number of esters is 1. The fraction of sp³-hybridized carbons (Fsp3) is 0.182. The molecule has 2 aromatic heterocycles. The van der Waals surface area contributed by atoms with Crippen LogP contribution < -0.4 is 0 Å². The molecule has 0 aliphatic heterocycles. The van der Waals surface area contributed by atoms with Gasteiger partial charge in [0.15, 0.2) is 5.69 Å². The summed E-state index contributed by atoms with van der Waals surface area (Å²) in [4.78, 5) is 19.5. The Labute approximate surface area is 102 Å². The highest BCUT2D eigenvalue weighted by atomic mass is 32.1. The lowest BCUT2D eigenvalue weighted by Crippen LogP contribution is -2.04. The molecule has 0 spiro atoms. The van der Waals surface area contributed by atoms with E-state index in [1.807, 2.05) is 0 Å². The summed E-state index contributed by atoms with van der Waals surface area (Å²) < 4.78 is 4.83. The lowest BCUT2D eigenvalue weighted by Gasteiger charge is -1.98. The van der Waals surface area contributed by atoms with Crippen LogP contribution in [0.1, 0.15) is 17.4 Å². The molecular formula is C11H10N2O3S. The summed E-state index contributed by atoms with van der Waals surface area (Å²) in [5.74, 6) is -0.428. The van der Waals surface area contributed by atoms with Gasteiger partial charge in [0.1, 0.15) is 16.5 Å². The van der Waals surface area contributed by atoms with Crippen LogP contribution in [0.15, 0.2) is 23.7 Å². The van der Waals surface area contributed by atoms with Crippen molar-refractivity contribution in [2.45, 2.75) is 6.92 Å². The first-order valence-electron chi connectivity index (χ1n) is 4.99. The van der Waals surface area contributed by atoms with Gasteiger partial charge in [-0.2, -0.15) is 0 Å². The molecule has 0 fully saturated rings. The molecule has 6 heteroatoms. The summed E-state index contributed by atoms with van der Waals surface area (Å²) in [6.07, 6.45) is 1.56. The van der Waals surface area contributed by atoms with Gasteiger partial charge in [-0.05, 0) is 19.1 Å². The van der Waals surface area contributed by atoms with E-state index in [2.05, 4.69) is 9.97 Å². The molecule has 0 aliphatic rings. The van der Waals surface area contributed by atoms with Crippen LogP contribution in [0.25, 0.3) is 10.7 Å². The molecule has 0 saturated carbocycles. The monoisotopic (exact) mass is 250 g/mol. The van der Waals surface area contributed by atoms with E-state index in [0.717, 1.165) is 0 Å². The van der Waals surface area contributed by atoms with Crippen molar-refractivity contribution in [3.05, 3.63) is 29.4 Å². The summed E-state index contributed by atoms with van der Waals surface area (Å²) in [6.45, 7) is 2.04. The number of aromatic nitrogens is 2. The molecule has 0 aromatic carbocycles. The van der Waals surface area contributed by atoms with Crippen LogP contribution in [0, 0.1) is 0 Å². The van der Waals surface area contributed by atoms with Crippen molar-refractivity contribution >= 4 is 17.3 Å². The number of carbonyl (C=O) groups is 1. The van der Waals surface area contributed by atoms with Gasteiger partial charge in [-0.15, -0.1) is 11.3 Å². The smallest absolute Gasteiger partial charge is 0.357 e. The Balaban J connectivity index is 2.30. The third kappa shape index (κ3) is 2.42. The minimum atomic E-state index is -0.467. The first-order valence-corrected chi connectivity index (χ1v) is 5.87. The maximum Gasteiger partial charge on any atom is 0.357 e. The van der Waals surface area contributed by atoms with E-state index in [9.17, 15) is 9.90 Å². The van der Waals surface area contributed by atoms with E-state index in [1.165, 1.54) is 17.4 Å². The SMILES string of the molecule is CCOC(=O)c1csc(-c2ncccc2O)n1. The Bertz CT molecular complexity index is 539. The van der Waals surface area contributed by atoms with Crippen LogP contribution in [-0.4, -0.2) is 27.7 Å². The van der Waals surface area contributed by atoms with E-state index < -0.39 is 5.97 Å². The summed E-state index contributed by atoms with van der Waals surface area (Å²) in [5, 5.41) is 11.7. The van der Waals surface area contributed by atoms with Gasteiger partial charge in [0, 0.05) is 11.6 Å². The zero-order chi connectivity index (χ0) is 12.3. The van der Waals surface area contributed by atoms with Crippen LogP contribution in [0.3, 0.4) is 0 Å². The normalized spacial score (nSPS) is 10.2. The van der Waals surface area contributed by atoms with Gasteiger partial charge in [-0.3, -0.25) is 0 Å². The fourth-order valence-corrected chi connectivity index (χ4v) is 2.04. The van der Waals surface area contributed by atoms with Crippen molar-refractivity contribution in [1.29, 1.82) is 0 Å². The number of aromatic hydroxyl groups is 1. The molecule has 5 nitrogen and oxygen atoms in total. The number of thiazole rings is 1. The predicted octanol–water partition coefficient (Wildman–Crippen LogP) is 2.09. The van der Waals surface area contributed by atoms with Crippen molar-refractivity contribution < 1.29 is 14.6 Å². The molecule has 17 heavy (non-hydrogen) atoms. The number of rotatable bonds is 3. The molecule has 1 N–H and O–H groups in total. The van der Waals surface area contributed by atoms with Crippen LogP contribution in [0.4, 0.5) is 0 Å². The summed E-state index contributed by atoms with van der Waals surface area (Å²) in [6, 6.07) is 3.15. The van der Waals surface area contributed by atoms with Gasteiger partial charge in [-0.1, -0.05) is 0 Å². The second kappa shape index (κ2) is 4.92. The Kier molecular flexibility index (Phi) is 3.34. The molecule has 88 valence electrons. The summed E-state index contributed by atoms with van der Waals surface area (Å²) >= 11 is 1.24. The zero-order valence-electron chi connectivity index (χ0n) is 9.08. The molecule has 2 aromatic rings. The number of ether oxygens (including phenoxy) is 1. The maximum absolute atomic E-state index is 11.4. The molecule has 2 rings (SSSR count). The van der Waals surface area contributed by atoms with Crippen molar-refractivity contribution in [3.8, 4) is 16.5 Å². The molecule has 0 radical (unpaired) electrons. The van der Waals surface area contributed by atoms with Gasteiger partial charge < -0.3 is 9.84 Å². The number of hydrogen-bond donors (Lipinski definition) is 1. The van der Waals surface area contributed by atoms with E-state index >= 15 is 0 Å². The van der Waals surface area contributed by atoms with Crippen LogP contribution >= 0.6 is 11.3 Å². The number of pyridine rings is 1. The van der Waals surface area contributed by atoms with Gasteiger partial charge in [0.2, 0.25) is 0 Å². The Morgan fingerprint density at radius 3 is 3.12 bits per heavy atom. The molecule has 2 heterocycles. The minimum absolute atomic E-state index is 0.0391. The maximum atomic E-state index is 11.4. The quantitative estimate of drug-likeness (QED) is 0.844. The molecule has 0 unspecified atom stereocenters.